The van der Waals surface area contributed by atoms with Crippen LogP contribution in [0.15, 0.2) is 71.9 Å². The lowest BCUT2D eigenvalue weighted by Crippen LogP contribution is -2.47. The molecular weight excluding hydrogens is 438 g/mol. The van der Waals surface area contributed by atoms with Crippen LogP contribution in [0.5, 0.6) is 0 Å². The molecule has 0 amide bonds. The molecule has 2 unspecified atom stereocenters. The Hall–Kier alpha value is -3.78. The molecule has 3 aromatic heterocycles. The molecular formula is C27H29N7O. The zero-order valence-electron chi connectivity index (χ0n) is 19.6. The number of nitrogens with zero attached hydrogens (tertiary/aromatic N) is 5. The van der Waals surface area contributed by atoms with E-state index in [0.29, 0.717) is 17.2 Å². The van der Waals surface area contributed by atoms with Gasteiger partial charge < -0.3 is 15.6 Å². The van der Waals surface area contributed by atoms with Crippen LogP contribution < -0.4 is 21.2 Å². The molecule has 2 N–H and O–H groups in total. The summed E-state index contributed by atoms with van der Waals surface area (Å²) < 4.78 is 1.67. The highest BCUT2D eigenvalue weighted by atomic mass is 16.1. The first-order valence-electron chi connectivity index (χ1n) is 12.4. The number of piperidine rings is 1. The smallest absolute Gasteiger partial charge is 0.283 e. The predicted octanol–water partition coefficient (Wildman–Crippen LogP) is 3.49. The Bertz CT molecular complexity index is 1380. The van der Waals surface area contributed by atoms with Crippen LogP contribution in [-0.2, 0) is 0 Å². The second-order valence-corrected chi connectivity index (χ2v) is 9.31. The number of nitrogens with one attached hydrogen (secondary N) is 2. The number of aromatic nitrogens is 4. The first-order chi connectivity index (χ1) is 17.3. The van der Waals surface area contributed by atoms with Crippen molar-refractivity contribution in [2.75, 3.05) is 30.0 Å². The second-order valence-electron chi connectivity index (χ2n) is 9.31. The Morgan fingerprint density at radius 2 is 1.89 bits per heavy atom. The van der Waals surface area contributed by atoms with Gasteiger partial charge in [-0.15, -0.1) is 0 Å². The molecule has 0 aliphatic carbocycles. The molecule has 2 atom stereocenters. The summed E-state index contributed by atoms with van der Waals surface area (Å²) in [4.78, 5) is 30.0. The van der Waals surface area contributed by atoms with E-state index in [2.05, 4.69) is 32.8 Å². The molecule has 0 spiro atoms. The molecule has 5 heterocycles. The minimum atomic E-state index is -0.122. The fourth-order valence-corrected chi connectivity index (χ4v) is 5.24. The van der Waals surface area contributed by atoms with E-state index in [0.717, 1.165) is 56.2 Å². The zero-order chi connectivity index (χ0) is 23.6. The Morgan fingerprint density at radius 1 is 1.00 bits per heavy atom. The topological polar surface area (TPSA) is 88.0 Å². The average molecular weight is 468 g/mol. The van der Waals surface area contributed by atoms with Gasteiger partial charge in [0, 0.05) is 37.1 Å². The summed E-state index contributed by atoms with van der Waals surface area (Å²) in [5, 5.41) is 4.48. The Balaban J connectivity index is 1.44. The lowest BCUT2D eigenvalue weighted by molar-refractivity contribution is 0.450. The van der Waals surface area contributed by atoms with Gasteiger partial charge in [-0.05, 0) is 62.1 Å². The fraction of sp³-hybridized carbons (Fsp3) is 0.333. The van der Waals surface area contributed by atoms with Crippen molar-refractivity contribution < 1.29 is 0 Å². The van der Waals surface area contributed by atoms with Gasteiger partial charge in [0.2, 0.25) is 5.95 Å². The minimum absolute atomic E-state index is 0.122. The number of rotatable bonds is 5. The number of anilines is 1. The standard InChI is InChI=1S/C27H29N7O/c35-26-22(24-10-9-19-5-1-2-7-23(19)31-24)18-30-27(34(26)32-21-6-3-13-29-17-21)33-16-4-8-25(33)20-11-14-28-15-12-20/h1-2,5,7,9-12,14-15,18,21,25,29,32H,3-4,6,8,13,16-17H2. The van der Waals surface area contributed by atoms with Crippen molar-refractivity contribution in [3.63, 3.8) is 0 Å². The molecule has 0 bridgehead atoms. The lowest BCUT2D eigenvalue weighted by atomic mass is 10.1. The van der Waals surface area contributed by atoms with Gasteiger partial charge >= 0.3 is 0 Å². The molecule has 4 aromatic rings. The van der Waals surface area contributed by atoms with Gasteiger partial charge in [0.05, 0.1) is 28.9 Å². The van der Waals surface area contributed by atoms with Crippen LogP contribution in [0.2, 0.25) is 0 Å². The van der Waals surface area contributed by atoms with Crippen molar-refractivity contribution in [2.45, 2.75) is 37.8 Å². The summed E-state index contributed by atoms with van der Waals surface area (Å²) in [6, 6.07) is 16.3. The second kappa shape index (κ2) is 9.46. The molecule has 2 fully saturated rings. The van der Waals surface area contributed by atoms with Crippen LogP contribution >= 0.6 is 0 Å². The van der Waals surface area contributed by atoms with Gasteiger partial charge in [-0.2, -0.15) is 4.68 Å². The van der Waals surface area contributed by atoms with Crippen molar-refractivity contribution >= 4 is 16.9 Å². The van der Waals surface area contributed by atoms with Gasteiger partial charge in [0.15, 0.2) is 0 Å². The Kier molecular flexibility index (Phi) is 5.88. The summed E-state index contributed by atoms with van der Waals surface area (Å²) in [7, 11) is 0. The quantitative estimate of drug-likeness (QED) is 0.465. The summed E-state index contributed by atoms with van der Waals surface area (Å²) in [5.41, 5.74) is 6.58. The number of fused-ring (bicyclic) bond motifs is 1. The van der Waals surface area contributed by atoms with E-state index in [1.807, 2.05) is 48.8 Å². The third kappa shape index (κ3) is 4.25. The van der Waals surface area contributed by atoms with Crippen molar-refractivity contribution in [3.8, 4) is 11.3 Å². The highest BCUT2D eigenvalue weighted by Gasteiger charge is 2.31. The van der Waals surface area contributed by atoms with E-state index in [-0.39, 0.29) is 17.6 Å². The van der Waals surface area contributed by atoms with E-state index >= 15 is 0 Å². The van der Waals surface area contributed by atoms with Gasteiger partial charge in [-0.3, -0.25) is 9.78 Å². The summed E-state index contributed by atoms with van der Waals surface area (Å²) >= 11 is 0. The molecule has 2 saturated heterocycles. The summed E-state index contributed by atoms with van der Waals surface area (Å²) in [5.74, 6) is 0.657. The van der Waals surface area contributed by atoms with E-state index in [4.69, 9.17) is 9.97 Å². The maximum absolute atomic E-state index is 14.0. The lowest BCUT2D eigenvalue weighted by Gasteiger charge is -2.31. The van der Waals surface area contributed by atoms with Crippen LogP contribution in [0.25, 0.3) is 22.2 Å². The molecule has 0 radical (unpaired) electrons. The number of para-hydroxylation sites is 1. The number of hydrogen-bond acceptors (Lipinski definition) is 7. The van der Waals surface area contributed by atoms with Gasteiger partial charge in [-0.25, -0.2) is 9.97 Å². The normalized spacial score (nSPS) is 20.3. The highest BCUT2D eigenvalue weighted by molar-refractivity contribution is 5.81. The molecule has 0 saturated carbocycles. The minimum Gasteiger partial charge on any atom is -0.334 e. The third-order valence-corrected chi connectivity index (χ3v) is 7.03. The van der Waals surface area contributed by atoms with E-state index in [9.17, 15) is 4.79 Å². The molecule has 2 aliphatic heterocycles. The third-order valence-electron chi connectivity index (χ3n) is 7.03. The molecule has 35 heavy (non-hydrogen) atoms. The number of benzene rings is 1. The molecule has 8 heteroatoms. The van der Waals surface area contributed by atoms with Crippen molar-refractivity contribution in [2.24, 2.45) is 0 Å². The molecule has 1 aromatic carbocycles. The van der Waals surface area contributed by atoms with Crippen molar-refractivity contribution in [1.29, 1.82) is 0 Å². The monoisotopic (exact) mass is 467 g/mol. The summed E-state index contributed by atoms with van der Waals surface area (Å²) in [6.45, 7) is 2.67. The van der Waals surface area contributed by atoms with E-state index in [1.165, 1.54) is 5.56 Å². The first-order valence-corrected chi connectivity index (χ1v) is 12.4. The summed E-state index contributed by atoms with van der Waals surface area (Å²) in [6.07, 6.45) is 9.48. The van der Waals surface area contributed by atoms with Crippen LogP contribution in [-0.4, -0.2) is 45.3 Å². The molecule has 178 valence electrons. The van der Waals surface area contributed by atoms with Crippen LogP contribution in [0.4, 0.5) is 5.95 Å². The van der Waals surface area contributed by atoms with Crippen molar-refractivity contribution in [1.82, 2.24) is 24.9 Å². The SMILES string of the molecule is O=c1c(-c2ccc3ccccc3n2)cnc(N2CCCC2c2ccncc2)n1NC1CCCNC1. The molecule has 2 aliphatic rings. The van der Waals surface area contributed by atoms with Gasteiger partial charge in [0.25, 0.3) is 5.56 Å². The maximum Gasteiger partial charge on any atom is 0.283 e. The maximum atomic E-state index is 14.0. The molecule has 8 nitrogen and oxygen atoms in total. The van der Waals surface area contributed by atoms with Crippen LogP contribution in [0.3, 0.4) is 0 Å². The average Bonchev–Trinajstić information content (AvgIpc) is 3.40. The Labute approximate surface area is 204 Å². The first kappa shape index (κ1) is 21.7. The Morgan fingerprint density at radius 3 is 2.74 bits per heavy atom. The van der Waals surface area contributed by atoms with Crippen molar-refractivity contribution in [3.05, 3.63) is 83.0 Å². The van der Waals surface area contributed by atoms with Gasteiger partial charge in [0.1, 0.15) is 0 Å². The largest absolute Gasteiger partial charge is 0.334 e. The highest BCUT2D eigenvalue weighted by Crippen LogP contribution is 2.34. The number of hydrogen-bond donors (Lipinski definition) is 2. The van der Waals surface area contributed by atoms with Crippen LogP contribution in [0.1, 0.15) is 37.3 Å². The number of pyridine rings is 2. The van der Waals surface area contributed by atoms with Crippen LogP contribution in [0, 0.1) is 0 Å². The van der Waals surface area contributed by atoms with E-state index in [1.54, 1.807) is 10.9 Å². The zero-order valence-corrected chi connectivity index (χ0v) is 19.6. The van der Waals surface area contributed by atoms with E-state index < -0.39 is 0 Å². The van der Waals surface area contributed by atoms with Gasteiger partial charge in [-0.1, -0.05) is 24.3 Å². The fourth-order valence-electron chi connectivity index (χ4n) is 5.24. The molecule has 6 rings (SSSR count). The predicted molar refractivity (Wildman–Crippen MR) is 138 cm³/mol.